The van der Waals surface area contributed by atoms with Gasteiger partial charge in [-0.25, -0.2) is 0 Å². The molecule has 2 aliphatic heterocycles. The molecular weight excluding hydrogens is 394 g/mol. The molecular formula is C28H35N3O. The summed E-state index contributed by atoms with van der Waals surface area (Å²) in [7, 11) is 0. The van der Waals surface area contributed by atoms with Crippen LogP contribution in [0.15, 0.2) is 59.7 Å². The minimum Gasteiger partial charge on any atom is -0.508 e. The maximum absolute atomic E-state index is 10.3. The van der Waals surface area contributed by atoms with Gasteiger partial charge in [-0.15, -0.1) is 0 Å². The molecule has 0 amide bonds. The topological polar surface area (TPSA) is 38.7 Å². The van der Waals surface area contributed by atoms with Gasteiger partial charge in [-0.05, 0) is 97.3 Å². The van der Waals surface area contributed by atoms with Gasteiger partial charge in [0.1, 0.15) is 5.75 Å². The molecule has 0 bridgehead atoms. The van der Waals surface area contributed by atoms with Crippen molar-refractivity contribution in [2.24, 2.45) is 0 Å². The minimum absolute atomic E-state index is 0.349. The summed E-state index contributed by atoms with van der Waals surface area (Å²) >= 11 is 0. The second-order valence-corrected chi connectivity index (χ2v) is 9.54. The molecule has 1 aliphatic carbocycles. The third kappa shape index (κ3) is 4.22. The fourth-order valence-corrected chi connectivity index (χ4v) is 5.45. The van der Waals surface area contributed by atoms with Crippen LogP contribution < -0.4 is 10.2 Å². The van der Waals surface area contributed by atoms with Crippen molar-refractivity contribution in [2.45, 2.75) is 39.2 Å². The number of anilines is 1. The van der Waals surface area contributed by atoms with Crippen LogP contribution in [0.2, 0.25) is 0 Å². The Bertz CT molecular complexity index is 1030. The van der Waals surface area contributed by atoms with E-state index in [-0.39, 0.29) is 0 Å². The number of nitrogens with zero attached hydrogens (tertiary/aromatic N) is 2. The van der Waals surface area contributed by atoms with E-state index in [4.69, 9.17) is 0 Å². The van der Waals surface area contributed by atoms with Gasteiger partial charge in [-0.1, -0.05) is 24.3 Å². The highest BCUT2D eigenvalue weighted by Gasteiger charge is 2.24. The van der Waals surface area contributed by atoms with Gasteiger partial charge in [0, 0.05) is 44.5 Å². The van der Waals surface area contributed by atoms with E-state index in [1.165, 1.54) is 39.1 Å². The average molecular weight is 430 g/mol. The molecule has 1 saturated heterocycles. The lowest BCUT2D eigenvalue weighted by molar-refractivity contribution is 0.209. The van der Waals surface area contributed by atoms with Crippen molar-refractivity contribution in [1.82, 2.24) is 10.2 Å². The van der Waals surface area contributed by atoms with Crippen molar-refractivity contribution in [1.29, 1.82) is 0 Å². The summed E-state index contributed by atoms with van der Waals surface area (Å²) in [5, 5.41) is 13.7. The molecule has 5 rings (SSSR count). The largest absolute Gasteiger partial charge is 0.508 e. The molecule has 0 atom stereocenters. The maximum Gasteiger partial charge on any atom is 0.116 e. The molecule has 0 saturated carbocycles. The smallest absolute Gasteiger partial charge is 0.116 e. The number of piperazine rings is 1. The Labute approximate surface area is 192 Å². The highest BCUT2D eigenvalue weighted by molar-refractivity contribution is 5.88. The Hall–Kier alpha value is -2.56. The lowest BCUT2D eigenvalue weighted by Crippen LogP contribution is -2.48. The van der Waals surface area contributed by atoms with Crippen molar-refractivity contribution in [3.63, 3.8) is 0 Å². The molecule has 4 nitrogen and oxygen atoms in total. The van der Waals surface area contributed by atoms with Gasteiger partial charge in [0.15, 0.2) is 0 Å². The van der Waals surface area contributed by atoms with Crippen LogP contribution >= 0.6 is 0 Å². The van der Waals surface area contributed by atoms with Gasteiger partial charge in [0.25, 0.3) is 0 Å². The Balaban J connectivity index is 1.49. The van der Waals surface area contributed by atoms with Crippen molar-refractivity contribution in [3.05, 3.63) is 76.4 Å². The van der Waals surface area contributed by atoms with E-state index < -0.39 is 0 Å². The summed E-state index contributed by atoms with van der Waals surface area (Å²) in [4.78, 5) is 5.06. The monoisotopic (exact) mass is 429 g/mol. The summed E-state index contributed by atoms with van der Waals surface area (Å²) in [6.45, 7) is 11.0. The van der Waals surface area contributed by atoms with Crippen LogP contribution in [0.4, 0.5) is 5.69 Å². The first kappa shape index (κ1) is 21.3. The number of nitrogens with one attached hydrogen (secondary N) is 1. The Morgan fingerprint density at radius 2 is 1.69 bits per heavy atom. The number of benzene rings is 2. The molecule has 0 aromatic heterocycles. The predicted molar refractivity (Wildman–Crippen MR) is 133 cm³/mol. The summed E-state index contributed by atoms with van der Waals surface area (Å²) in [5.74, 6) is 0.349. The number of phenolic OH excluding ortho intramolecular Hbond substituents is 1. The standard InChI is InChI=1S/C28H35N3O/c1-20(2)30-15-17-31(18-16-30)24-7-3-23(4-8-24)28-26(22-11-13-29-14-12-22)10-6-21-5-9-25(32)19-27(21)28/h3-5,7-9,11,19-20,29,32H,6,10,12-18H2,1-2H3. The summed E-state index contributed by atoms with van der Waals surface area (Å²) in [6, 6.07) is 15.7. The van der Waals surface area contributed by atoms with E-state index in [1.54, 1.807) is 0 Å². The van der Waals surface area contributed by atoms with Crippen LogP contribution in [0.5, 0.6) is 5.75 Å². The zero-order valence-electron chi connectivity index (χ0n) is 19.4. The zero-order valence-corrected chi connectivity index (χ0v) is 19.4. The Morgan fingerprint density at radius 3 is 2.38 bits per heavy atom. The van der Waals surface area contributed by atoms with E-state index in [9.17, 15) is 5.11 Å². The molecule has 1 fully saturated rings. The number of aryl methyl sites for hydroxylation is 1. The van der Waals surface area contributed by atoms with Crippen molar-refractivity contribution in [3.8, 4) is 5.75 Å². The second kappa shape index (κ2) is 9.13. The molecule has 4 heteroatoms. The predicted octanol–water partition coefficient (Wildman–Crippen LogP) is 4.59. The lowest BCUT2D eigenvalue weighted by atomic mass is 9.78. The SMILES string of the molecule is CC(C)N1CCN(c2ccc(C3=C(C4=CCNCC4)CCc4ccc(O)cc43)cc2)CC1. The normalized spacial score (nSPS) is 19.8. The van der Waals surface area contributed by atoms with Crippen LogP contribution in [0, 0.1) is 0 Å². The Kier molecular flexibility index (Phi) is 6.07. The highest BCUT2D eigenvalue weighted by Crippen LogP contribution is 2.41. The first-order valence-electron chi connectivity index (χ1n) is 12.1. The van der Waals surface area contributed by atoms with Gasteiger partial charge in [0.05, 0.1) is 0 Å². The number of hydrogen-bond donors (Lipinski definition) is 2. The molecule has 168 valence electrons. The van der Waals surface area contributed by atoms with Crippen molar-refractivity contribution >= 4 is 11.3 Å². The zero-order chi connectivity index (χ0) is 22.1. The van der Waals surface area contributed by atoms with E-state index in [2.05, 4.69) is 65.4 Å². The van der Waals surface area contributed by atoms with Gasteiger partial charge < -0.3 is 15.3 Å². The summed E-state index contributed by atoms with van der Waals surface area (Å²) in [6.07, 6.45) is 5.54. The number of rotatable bonds is 4. The first-order valence-corrected chi connectivity index (χ1v) is 12.1. The summed E-state index contributed by atoms with van der Waals surface area (Å²) < 4.78 is 0. The number of allylic oxidation sites excluding steroid dienone is 1. The van der Waals surface area contributed by atoms with Gasteiger partial charge in [-0.3, -0.25) is 4.90 Å². The fraction of sp³-hybridized carbons (Fsp3) is 0.429. The molecule has 2 aromatic rings. The molecule has 32 heavy (non-hydrogen) atoms. The number of aromatic hydroxyl groups is 1. The number of phenols is 1. The first-order chi connectivity index (χ1) is 15.6. The third-order valence-corrected chi connectivity index (χ3v) is 7.33. The van der Waals surface area contributed by atoms with Crippen LogP contribution in [0.25, 0.3) is 5.57 Å². The number of hydrogen-bond acceptors (Lipinski definition) is 4. The van der Waals surface area contributed by atoms with Gasteiger partial charge >= 0.3 is 0 Å². The second-order valence-electron chi connectivity index (χ2n) is 9.54. The molecule has 0 spiro atoms. The maximum atomic E-state index is 10.3. The summed E-state index contributed by atoms with van der Waals surface area (Å²) in [5.41, 5.74) is 9.35. The molecule has 2 heterocycles. The van der Waals surface area contributed by atoms with E-state index in [0.717, 1.165) is 58.5 Å². The van der Waals surface area contributed by atoms with Crippen LogP contribution in [-0.4, -0.2) is 55.3 Å². The van der Waals surface area contributed by atoms with E-state index in [1.807, 2.05) is 12.1 Å². The quantitative estimate of drug-likeness (QED) is 0.746. The van der Waals surface area contributed by atoms with Crippen LogP contribution in [-0.2, 0) is 6.42 Å². The highest BCUT2D eigenvalue weighted by atomic mass is 16.3. The van der Waals surface area contributed by atoms with Gasteiger partial charge in [0.2, 0.25) is 0 Å². The molecule has 0 radical (unpaired) electrons. The molecule has 2 N–H and O–H groups in total. The van der Waals surface area contributed by atoms with Crippen molar-refractivity contribution in [2.75, 3.05) is 44.2 Å². The minimum atomic E-state index is 0.349. The van der Waals surface area contributed by atoms with Crippen LogP contribution in [0.1, 0.15) is 43.4 Å². The lowest BCUT2D eigenvalue weighted by Gasteiger charge is -2.38. The fourth-order valence-electron chi connectivity index (χ4n) is 5.45. The molecule has 3 aliphatic rings. The molecule has 0 unspecified atom stereocenters. The third-order valence-electron chi connectivity index (χ3n) is 7.33. The number of fused-ring (bicyclic) bond motifs is 1. The molecule has 2 aromatic carbocycles. The van der Waals surface area contributed by atoms with Crippen LogP contribution in [0.3, 0.4) is 0 Å². The Morgan fingerprint density at radius 1 is 0.906 bits per heavy atom. The van der Waals surface area contributed by atoms with Crippen molar-refractivity contribution < 1.29 is 5.11 Å². The van der Waals surface area contributed by atoms with E-state index >= 15 is 0 Å². The average Bonchev–Trinajstić information content (AvgIpc) is 2.84. The van der Waals surface area contributed by atoms with E-state index in [0.29, 0.717) is 11.8 Å². The van der Waals surface area contributed by atoms with Gasteiger partial charge in [-0.2, -0.15) is 0 Å².